The van der Waals surface area contributed by atoms with Crippen LogP contribution in [0, 0.1) is 5.82 Å². The van der Waals surface area contributed by atoms with Crippen molar-refractivity contribution in [1.29, 1.82) is 0 Å². The molecule has 1 aromatic rings. The van der Waals surface area contributed by atoms with Gasteiger partial charge < -0.3 is 10.1 Å². The standard InChI is InChI=1S/C13H19FN2O/c14-12-2-4-13(5-3-12)15-6-1-7-16-8-10-17-11-9-16/h2-5,15H,1,6-11H2. The average molecular weight is 238 g/mol. The second-order valence-corrected chi connectivity index (χ2v) is 4.24. The first-order valence-corrected chi connectivity index (χ1v) is 6.14. The van der Waals surface area contributed by atoms with E-state index in [0.29, 0.717) is 0 Å². The molecule has 1 N–H and O–H groups in total. The molecule has 17 heavy (non-hydrogen) atoms. The lowest BCUT2D eigenvalue weighted by atomic mass is 10.3. The number of hydrogen-bond donors (Lipinski definition) is 1. The third kappa shape index (κ3) is 4.32. The van der Waals surface area contributed by atoms with Crippen molar-refractivity contribution in [2.75, 3.05) is 44.7 Å². The van der Waals surface area contributed by atoms with E-state index in [1.807, 2.05) is 0 Å². The lowest BCUT2D eigenvalue weighted by Gasteiger charge is -2.26. The van der Waals surface area contributed by atoms with E-state index in [1.165, 1.54) is 12.1 Å². The Bertz CT molecular complexity index is 323. The van der Waals surface area contributed by atoms with Crippen LogP contribution in [-0.2, 0) is 4.74 Å². The summed E-state index contributed by atoms with van der Waals surface area (Å²) in [5, 5.41) is 3.29. The van der Waals surface area contributed by atoms with Gasteiger partial charge in [0.05, 0.1) is 13.2 Å². The highest BCUT2D eigenvalue weighted by Gasteiger charge is 2.08. The third-order valence-corrected chi connectivity index (χ3v) is 2.93. The van der Waals surface area contributed by atoms with Crippen LogP contribution in [0.15, 0.2) is 24.3 Å². The van der Waals surface area contributed by atoms with Gasteiger partial charge in [-0.25, -0.2) is 4.39 Å². The van der Waals surface area contributed by atoms with E-state index in [1.54, 1.807) is 12.1 Å². The number of benzene rings is 1. The first kappa shape index (κ1) is 12.3. The van der Waals surface area contributed by atoms with Crippen molar-refractivity contribution in [2.24, 2.45) is 0 Å². The first-order valence-electron chi connectivity index (χ1n) is 6.14. The molecule has 0 atom stereocenters. The Labute approximate surface area is 102 Å². The minimum Gasteiger partial charge on any atom is -0.385 e. The summed E-state index contributed by atoms with van der Waals surface area (Å²) < 4.78 is 18.0. The second-order valence-electron chi connectivity index (χ2n) is 4.24. The van der Waals surface area contributed by atoms with E-state index in [0.717, 1.165) is 51.5 Å². The number of halogens is 1. The van der Waals surface area contributed by atoms with E-state index < -0.39 is 0 Å². The maximum atomic E-state index is 12.7. The van der Waals surface area contributed by atoms with E-state index in [2.05, 4.69) is 10.2 Å². The molecule has 0 bridgehead atoms. The summed E-state index contributed by atoms with van der Waals surface area (Å²) in [5.74, 6) is -0.191. The van der Waals surface area contributed by atoms with Gasteiger partial charge in [-0.05, 0) is 37.2 Å². The van der Waals surface area contributed by atoms with Crippen LogP contribution < -0.4 is 5.32 Å². The number of morpholine rings is 1. The van der Waals surface area contributed by atoms with Crippen molar-refractivity contribution >= 4 is 5.69 Å². The molecule has 1 heterocycles. The van der Waals surface area contributed by atoms with E-state index in [4.69, 9.17) is 4.74 Å². The summed E-state index contributed by atoms with van der Waals surface area (Å²) in [6.45, 7) is 5.80. The molecule has 0 spiro atoms. The van der Waals surface area contributed by atoms with Gasteiger partial charge in [0.15, 0.2) is 0 Å². The molecule has 3 nitrogen and oxygen atoms in total. The summed E-state index contributed by atoms with van der Waals surface area (Å²) in [4.78, 5) is 2.41. The van der Waals surface area contributed by atoms with Crippen LogP contribution in [0.3, 0.4) is 0 Å². The molecule has 94 valence electrons. The zero-order valence-electron chi connectivity index (χ0n) is 9.99. The van der Waals surface area contributed by atoms with Crippen molar-refractivity contribution in [1.82, 2.24) is 4.90 Å². The van der Waals surface area contributed by atoms with Gasteiger partial charge in [-0.1, -0.05) is 0 Å². The molecule has 1 aromatic carbocycles. The molecule has 0 radical (unpaired) electrons. The van der Waals surface area contributed by atoms with Gasteiger partial charge in [0, 0.05) is 25.3 Å². The Morgan fingerprint density at radius 3 is 2.59 bits per heavy atom. The number of nitrogens with zero attached hydrogens (tertiary/aromatic N) is 1. The smallest absolute Gasteiger partial charge is 0.123 e. The van der Waals surface area contributed by atoms with E-state index in [-0.39, 0.29) is 5.82 Å². The number of nitrogens with one attached hydrogen (secondary N) is 1. The SMILES string of the molecule is Fc1ccc(NCCCN2CCOCC2)cc1. The Morgan fingerprint density at radius 2 is 1.88 bits per heavy atom. The van der Waals surface area contributed by atoms with Crippen LogP contribution in [0.5, 0.6) is 0 Å². The van der Waals surface area contributed by atoms with Crippen LogP contribution in [0.1, 0.15) is 6.42 Å². The Hall–Kier alpha value is -1.13. The van der Waals surface area contributed by atoms with E-state index >= 15 is 0 Å². The lowest BCUT2D eigenvalue weighted by molar-refractivity contribution is 0.0378. The summed E-state index contributed by atoms with van der Waals surface area (Å²) in [6, 6.07) is 6.49. The number of anilines is 1. The Kier molecular flexibility index (Phi) is 4.76. The summed E-state index contributed by atoms with van der Waals surface area (Å²) >= 11 is 0. The highest BCUT2D eigenvalue weighted by molar-refractivity contribution is 5.42. The quantitative estimate of drug-likeness (QED) is 0.794. The minimum atomic E-state index is -0.191. The molecular formula is C13H19FN2O. The maximum absolute atomic E-state index is 12.7. The molecule has 1 fully saturated rings. The molecule has 0 aliphatic carbocycles. The van der Waals surface area contributed by atoms with Gasteiger partial charge in [-0.2, -0.15) is 0 Å². The Balaban J connectivity index is 1.60. The predicted molar refractivity (Wildman–Crippen MR) is 66.8 cm³/mol. The molecule has 2 rings (SSSR count). The average Bonchev–Trinajstić information content (AvgIpc) is 2.38. The molecule has 1 aliphatic heterocycles. The van der Waals surface area contributed by atoms with Crippen molar-refractivity contribution in [2.45, 2.75) is 6.42 Å². The van der Waals surface area contributed by atoms with Crippen LogP contribution in [0.4, 0.5) is 10.1 Å². The van der Waals surface area contributed by atoms with Gasteiger partial charge >= 0.3 is 0 Å². The van der Waals surface area contributed by atoms with Crippen molar-refractivity contribution in [3.8, 4) is 0 Å². The van der Waals surface area contributed by atoms with Crippen LogP contribution in [0.2, 0.25) is 0 Å². The van der Waals surface area contributed by atoms with E-state index in [9.17, 15) is 4.39 Å². The molecule has 0 unspecified atom stereocenters. The lowest BCUT2D eigenvalue weighted by Crippen LogP contribution is -2.37. The van der Waals surface area contributed by atoms with Crippen LogP contribution >= 0.6 is 0 Å². The maximum Gasteiger partial charge on any atom is 0.123 e. The molecular weight excluding hydrogens is 219 g/mol. The van der Waals surface area contributed by atoms with Crippen LogP contribution in [0.25, 0.3) is 0 Å². The van der Waals surface area contributed by atoms with Crippen LogP contribution in [-0.4, -0.2) is 44.3 Å². The fourth-order valence-electron chi connectivity index (χ4n) is 1.93. The summed E-state index contributed by atoms with van der Waals surface area (Å²) in [6.07, 6.45) is 1.09. The minimum absolute atomic E-state index is 0.191. The predicted octanol–water partition coefficient (Wildman–Crippen LogP) is 1.96. The van der Waals surface area contributed by atoms with Crippen molar-refractivity contribution < 1.29 is 9.13 Å². The van der Waals surface area contributed by atoms with Gasteiger partial charge in [-0.3, -0.25) is 4.90 Å². The van der Waals surface area contributed by atoms with Gasteiger partial charge in [-0.15, -0.1) is 0 Å². The van der Waals surface area contributed by atoms with Gasteiger partial charge in [0.2, 0.25) is 0 Å². The molecule has 1 saturated heterocycles. The highest BCUT2D eigenvalue weighted by atomic mass is 19.1. The molecule has 1 aliphatic rings. The fraction of sp³-hybridized carbons (Fsp3) is 0.538. The molecule has 0 amide bonds. The largest absolute Gasteiger partial charge is 0.385 e. The van der Waals surface area contributed by atoms with Crippen molar-refractivity contribution in [3.05, 3.63) is 30.1 Å². The fourth-order valence-corrected chi connectivity index (χ4v) is 1.93. The van der Waals surface area contributed by atoms with Gasteiger partial charge in [0.25, 0.3) is 0 Å². The molecule has 4 heteroatoms. The highest BCUT2D eigenvalue weighted by Crippen LogP contribution is 2.08. The first-order chi connectivity index (χ1) is 8.34. The van der Waals surface area contributed by atoms with Gasteiger partial charge in [0.1, 0.15) is 5.82 Å². The monoisotopic (exact) mass is 238 g/mol. The number of rotatable bonds is 5. The zero-order chi connectivity index (χ0) is 11.9. The normalized spacial score (nSPS) is 17.0. The second kappa shape index (κ2) is 6.57. The number of hydrogen-bond acceptors (Lipinski definition) is 3. The molecule has 0 saturated carbocycles. The zero-order valence-corrected chi connectivity index (χ0v) is 9.99. The third-order valence-electron chi connectivity index (χ3n) is 2.93. The number of ether oxygens (including phenoxy) is 1. The summed E-state index contributed by atoms with van der Waals surface area (Å²) in [5.41, 5.74) is 0.980. The summed E-state index contributed by atoms with van der Waals surface area (Å²) in [7, 11) is 0. The molecule has 0 aromatic heterocycles. The topological polar surface area (TPSA) is 24.5 Å². The van der Waals surface area contributed by atoms with Crippen molar-refractivity contribution in [3.63, 3.8) is 0 Å². The Morgan fingerprint density at radius 1 is 1.18 bits per heavy atom.